The highest BCUT2D eigenvalue weighted by Gasteiger charge is 2.16. The zero-order valence-corrected chi connectivity index (χ0v) is 12.8. The number of rotatable bonds is 2. The van der Waals surface area contributed by atoms with Gasteiger partial charge < -0.3 is 5.11 Å². The lowest BCUT2D eigenvalue weighted by molar-refractivity contribution is 0.0690. The number of aromatic nitrogens is 2. The third kappa shape index (κ3) is 2.42. The average Bonchev–Trinajstić information content (AvgIpc) is 2.49. The fraction of sp³-hybridized carbons (Fsp3) is 0.118. The predicted octanol–water partition coefficient (Wildman–Crippen LogP) is 4.27. The first-order valence-corrected chi connectivity index (χ1v) is 7.11. The number of carboxylic acids is 1. The molecule has 0 fully saturated rings. The van der Waals surface area contributed by atoms with Crippen molar-refractivity contribution in [2.45, 2.75) is 13.8 Å². The number of fused-ring (bicyclic) bond motifs is 1. The Bertz CT molecular complexity index is 907. The second kappa shape index (κ2) is 5.39. The molecule has 1 aromatic carbocycles. The van der Waals surface area contributed by atoms with Crippen molar-refractivity contribution in [1.82, 2.24) is 9.97 Å². The van der Waals surface area contributed by atoms with Gasteiger partial charge in [-0.15, -0.1) is 0 Å². The van der Waals surface area contributed by atoms with Crippen molar-refractivity contribution >= 4 is 28.5 Å². The Hall–Kier alpha value is -2.46. The number of aryl methyl sites for hydroxylation is 1. The van der Waals surface area contributed by atoms with Gasteiger partial charge in [0.25, 0.3) is 0 Å². The second-order valence-corrected chi connectivity index (χ2v) is 5.50. The standard InChI is InChI=1S/C17H13ClN2O2/c1-9-3-4-12-7-11(5-6-14(12)20-9)13-8-19-16(17(21)22)15(18)10(13)2/h3-8H,1-2H3,(H,21,22). The summed E-state index contributed by atoms with van der Waals surface area (Å²) in [5, 5.41) is 10.3. The van der Waals surface area contributed by atoms with Crippen molar-refractivity contribution in [2.75, 3.05) is 0 Å². The summed E-state index contributed by atoms with van der Waals surface area (Å²) >= 11 is 6.13. The molecule has 3 rings (SSSR count). The molecule has 0 aliphatic carbocycles. The normalized spacial score (nSPS) is 10.9. The van der Waals surface area contributed by atoms with Gasteiger partial charge in [0, 0.05) is 22.8 Å². The number of aromatic carboxylic acids is 1. The minimum absolute atomic E-state index is 0.124. The highest BCUT2D eigenvalue weighted by atomic mass is 35.5. The van der Waals surface area contributed by atoms with Crippen molar-refractivity contribution in [3.8, 4) is 11.1 Å². The lowest BCUT2D eigenvalue weighted by Crippen LogP contribution is -2.03. The summed E-state index contributed by atoms with van der Waals surface area (Å²) in [5.74, 6) is -1.13. The van der Waals surface area contributed by atoms with Gasteiger partial charge in [-0.1, -0.05) is 23.7 Å². The Kier molecular flexibility index (Phi) is 3.54. The van der Waals surface area contributed by atoms with Crippen molar-refractivity contribution < 1.29 is 9.90 Å². The summed E-state index contributed by atoms with van der Waals surface area (Å²) < 4.78 is 0. The van der Waals surface area contributed by atoms with Crippen LogP contribution >= 0.6 is 11.6 Å². The van der Waals surface area contributed by atoms with Crippen LogP contribution in [0.4, 0.5) is 0 Å². The van der Waals surface area contributed by atoms with E-state index in [0.717, 1.165) is 27.7 Å². The molecule has 0 amide bonds. The van der Waals surface area contributed by atoms with Crippen LogP contribution < -0.4 is 0 Å². The minimum atomic E-state index is -1.13. The minimum Gasteiger partial charge on any atom is -0.476 e. The zero-order chi connectivity index (χ0) is 15.9. The lowest BCUT2D eigenvalue weighted by atomic mass is 10.00. The van der Waals surface area contributed by atoms with Crippen molar-refractivity contribution in [2.24, 2.45) is 0 Å². The van der Waals surface area contributed by atoms with Crippen LogP contribution in [0.1, 0.15) is 21.7 Å². The molecule has 2 aromatic heterocycles. The van der Waals surface area contributed by atoms with Crippen LogP contribution in [0.3, 0.4) is 0 Å². The van der Waals surface area contributed by atoms with Gasteiger partial charge in [0.1, 0.15) is 0 Å². The van der Waals surface area contributed by atoms with E-state index in [9.17, 15) is 4.79 Å². The fourth-order valence-electron chi connectivity index (χ4n) is 2.41. The number of carbonyl (C=O) groups is 1. The summed E-state index contributed by atoms with van der Waals surface area (Å²) in [6.45, 7) is 3.75. The van der Waals surface area contributed by atoms with Gasteiger partial charge in [0.2, 0.25) is 0 Å². The van der Waals surface area contributed by atoms with Gasteiger partial charge >= 0.3 is 5.97 Å². The number of benzene rings is 1. The molecule has 0 bridgehead atoms. The Labute approximate surface area is 132 Å². The molecule has 2 heterocycles. The van der Waals surface area contributed by atoms with Gasteiger partial charge in [-0.25, -0.2) is 9.78 Å². The molecule has 1 N–H and O–H groups in total. The SMILES string of the molecule is Cc1ccc2cc(-c3cnc(C(=O)O)c(Cl)c3C)ccc2n1. The summed E-state index contributed by atoms with van der Waals surface area (Å²) in [6, 6.07) is 9.85. The number of pyridine rings is 2. The summed E-state index contributed by atoms with van der Waals surface area (Å²) in [5.41, 5.74) is 4.21. The van der Waals surface area contributed by atoms with Crippen molar-refractivity contribution in [3.05, 3.63) is 58.5 Å². The number of halogens is 1. The molecular weight excluding hydrogens is 300 g/mol. The van der Waals surface area contributed by atoms with E-state index in [1.807, 2.05) is 37.3 Å². The highest BCUT2D eigenvalue weighted by Crippen LogP contribution is 2.31. The van der Waals surface area contributed by atoms with E-state index in [1.54, 1.807) is 13.1 Å². The van der Waals surface area contributed by atoms with Crippen molar-refractivity contribution in [1.29, 1.82) is 0 Å². The maximum Gasteiger partial charge on any atom is 0.356 e. The molecule has 110 valence electrons. The number of nitrogens with zero attached hydrogens (tertiary/aromatic N) is 2. The van der Waals surface area contributed by atoms with Crippen LogP contribution in [-0.4, -0.2) is 21.0 Å². The van der Waals surface area contributed by atoms with Gasteiger partial charge in [0.15, 0.2) is 5.69 Å². The maximum absolute atomic E-state index is 11.1. The summed E-state index contributed by atoms with van der Waals surface area (Å²) in [6.07, 6.45) is 1.55. The molecule has 0 unspecified atom stereocenters. The average molecular weight is 313 g/mol. The van der Waals surface area contributed by atoms with E-state index in [-0.39, 0.29) is 10.7 Å². The smallest absolute Gasteiger partial charge is 0.356 e. The molecule has 0 aliphatic rings. The molecule has 0 saturated heterocycles. The molecular formula is C17H13ClN2O2. The van der Waals surface area contributed by atoms with Crippen LogP contribution in [0.25, 0.3) is 22.0 Å². The lowest BCUT2D eigenvalue weighted by Gasteiger charge is -2.10. The highest BCUT2D eigenvalue weighted by molar-refractivity contribution is 6.34. The zero-order valence-electron chi connectivity index (χ0n) is 12.1. The van der Waals surface area contributed by atoms with Gasteiger partial charge in [-0.05, 0) is 43.2 Å². The molecule has 0 aliphatic heterocycles. The maximum atomic E-state index is 11.1. The van der Waals surface area contributed by atoms with E-state index < -0.39 is 5.97 Å². The molecule has 0 saturated carbocycles. The van der Waals surface area contributed by atoms with Gasteiger partial charge in [-0.3, -0.25) is 4.98 Å². The first kappa shape index (κ1) is 14.5. The molecule has 0 atom stereocenters. The van der Waals surface area contributed by atoms with Crippen LogP contribution in [0, 0.1) is 13.8 Å². The largest absolute Gasteiger partial charge is 0.476 e. The van der Waals surface area contributed by atoms with Crippen LogP contribution in [0.5, 0.6) is 0 Å². The van der Waals surface area contributed by atoms with E-state index in [0.29, 0.717) is 5.56 Å². The van der Waals surface area contributed by atoms with E-state index in [2.05, 4.69) is 9.97 Å². The quantitative estimate of drug-likeness (QED) is 0.767. The Morgan fingerprint density at radius 2 is 1.95 bits per heavy atom. The molecule has 5 heteroatoms. The van der Waals surface area contributed by atoms with E-state index in [4.69, 9.17) is 16.7 Å². The van der Waals surface area contributed by atoms with E-state index >= 15 is 0 Å². The number of hydrogen-bond acceptors (Lipinski definition) is 3. The Morgan fingerprint density at radius 1 is 1.18 bits per heavy atom. The monoisotopic (exact) mass is 312 g/mol. The summed E-state index contributed by atoms with van der Waals surface area (Å²) in [4.78, 5) is 19.5. The van der Waals surface area contributed by atoms with E-state index in [1.165, 1.54) is 0 Å². The predicted molar refractivity (Wildman–Crippen MR) is 86.4 cm³/mol. The van der Waals surface area contributed by atoms with Gasteiger partial charge in [-0.2, -0.15) is 0 Å². The molecule has 3 aromatic rings. The molecule has 0 spiro atoms. The van der Waals surface area contributed by atoms with Gasteiger partial charge in [0.05, 0.1) is 10.5 Å². The van der Waals surface area contributed by atoms with Crippen LogP contribution in [0.15, 0.2) is 36.5 Å². The van der Waals surface area contributed by atoms with Crippen LogP contribution in [-0.2, 0) is 0 Å². The fourth-order valence-corrected chi connectivity index (χ4v) is 2.65. The third-order valence-electron chi connectivity index (χ3n) is 3.61. The first-order valence-electron chi connectivity index (χ1n) is 6.73. The molecule has 22 heavy (non-hydrogen) atoms. The second-order valence-electron chi connectivity index (χ2n) is 5.12. The number of carboxylic acid groups (broad SMARTS) is 1. The Balaban J connectivity index is 2.17. The van der Waals surface area contributed by atoms with Crippen LogP contribution in [0.2, 0.25) is 5.02 Å². The van der Waals surface area contributed by atoms with Crippen molar-refractivity contribution in [3.63, 3.8) is 0 Å². The first-order chi connectivity index (χ1) is 10.5. The third-order valence-corrected chi connectivity index (χ3v) is 4.07. The Morgan fingerprint density at radius 3 is 2.68 bits per heavy atom. The summed E-state index contributed by atoms with van der Waals surface area (Å²) in [7, 11) is 0. The molecule has 0 radical (unpaired) electrons. The topological polar surface area (TPSA) is 63.1 Å². The molecule has 4 nitrogen and oxygen atoms in total. The number of hydrogen-bond donors (Lipinski definition) is 1.